The van der Waals surface area contributed by atoms with Crippen molar-refractivity contribution in [2.45, 2.75) is 33.7 Å². The van der Waals surface area contributed by atoms with Crippen LogP contribution in [0.3, 0.4) is 0 Å². The zero-order valence-electron chi connectivity index (χ0n) is 14.5. The Morgan fingerprint density at radius 2 is 2.00 bits per heavy atom. The summed E-state index contributed by atoms with van der Waals surface area (Å²) in [6, 6.07) is 9.48. The number of anilines is 1. The summed E-state index contributed by atoms with van der Waals surface area (Å²) >= 11 is 0. The Bertz CT molecular complexity index is 867. The summed E-state index contributed by atoms with van der Waals surface area (Å²) in [5.74, 6) is 0.797. The zero-order chi connectivity index (χ0) is 17.8. The van der Waals surface area contributed by atoms with Crippen LogP contribution >= 0.6 is 0 Å². The van der Waals surface area contributed by atoms with Crippen molar-refractivity contribution < 1.29 is 9.32 Å². The second-order valence-corrected chi connectivity index (χ2v) is 5.72. The normalized spacial score (nSPS) is 10.7. The van der Waals surface area contributed by atoms with Gasteiger partial charge in [0.25, 0.3) is 0 Å². The molecular weight excluding hydrogens is 318 g/mol. The van der Waals surface area contributed by atoms with Crippen molar-refractivity contribution in [2.24, 2.45) is 0 Å². The highest BCUT2D eigenvalue weighted by Gasteiger charge is 2.14. The number of nitrogens with one attached hydrogen (secondary N) is 2. The first-order valence-corrected chi connectivity index (χ1v) is 8.19. The predicted octanol–water partition coefficient (Wildman–Crippen LogP) is 3.36. The summed E-state index contributed by atoms with van der Waals surface area (Å²) in [6.45, 7) is 6.14. The van der Waals surface area contributed by atoms with Gasteiger partial charge in [0, 0.05) is 18.5 Å². The SMILES string of the molecule is CCc1onc(C)c1CNC(=O)Nc1cnn(-c2ccccc2)c1C. The Morgan fingerprint density at radius 1 is 1.24 bits per heavy atom. The molecular formula is C18H21N5O2. The molecule has 0 aliphatic heterocycles. The zero-order valence-corrected chi connectivity index (χ0v) is 14.5. The minimum absolute atomic E-state index is 0.293. The summed E-state index contributed by atoms with van der Waals surface area (Å²) < 4.78 is 7.02. The lowest BCUT2D eigenvalue weighted by atomic mass is 10.1. The molecule has 2 N–H and O–H groups in total. The van der Waals surface area contributed by atoms with E-state index in [4.69, 9.17) is 4.52 Å². The summed E-state index contributed by atoms with van der Waals surface area (Å²) in [5.41, 5.74) is 4.19. The molecule has 0 radical (unpaired) electrons. The standard InChI is InChI=1S/C18H21N5O2/c1-4-17-15(12(2)22-25-17)10-19-18(24)21-16-11-20-23(13(16)3)14-8-6-5-7-9-14/h5-9,11H,4,10H2,1-3H3,(H2,19,21,24). The Balaban J connectivity index is 1.66. The van der Waals surface area contributed by atoms with Crippen molar-refractivity contribution >= 4 is 11.7 Å². The quantitative estimate of drug-likeness (QED) is 0.746. The number of aromatic nitrogens is 3. The van der Waals surface area contributed by atoms with Crippen molar-refractivity contribution in [1.29, 1.82) is 0 Å². The first-order chi connectivity index (χ1) is 12.1. The molecule has 0 saturated carbocycles. The first-order valence-electron chi connectivity index (χ1n) is 8.19. The average molecular weight is 339 g/mol. The van der Waals surface area contributed by atoms with E-state index in [1.54, 1.807) is 10.9 Å². The smallest absolute Gasteiger partial charge is 0.319 e. The summed E-state index contributed by atoms with van der Waals surface area (Å²) in [4.78, 5) is 12.2. The van der Waals surface area contributed by atoms with Gasteiger partial charge in [-0.25, -0.2) is 9.48 Å². The second kappa shape index (κ2) is 7.21. The van der Waals surface area contributed by atoms with E-state index in [0.717, 1.165) is 34.8 Å². The number of urea groups is 1. The van der Waals surface area contributed by atoms with Crippen LogP contribution in [-0.2, 0) is 13.0 Å². The molecule has 3 rings (SSSR count). The maximum atomic E-state index is 12.2. The maximum Gasteiger partial charge on any atom is 0.319 e. The van der Waals surface area contributed by atoms with Gasteiger partial charge < -0.3 is 15.2 Å². The van der Waals surface area contributed by atoms with Crippen LogP contribution in [0.5, 0.6) is 0 Å². The Kier molecular flexibility index (Phi) is 4.83. The van der Waals surface area contributed by atoms with Crippen molar-refractivity contribution in [3.05, 3.63) is 59.2 Å². The van der Waals surface area contributed by atoms with Gasteiger partial charge in [-0.1, -0.05) is 30.3 Å². The summed E-state index contributed by atoms with van der Waals surface area (Å²) in [5, 5.41) is 14.0. The Hall–Kier alpha value is -3.09. The van der Waals surface area contributed by atoms with Gasteiger partial charge in [0.15, 0.2) is 0 Å². The van der Waals surface area contributed by atoms with Gasteiger partial charge in [-0.05, 0) is 26.0 Å². The monoisotopic (exact) mass is 339 g/mol. The van der Waals surface area contributed by atoms with Gasteiger partial charge in [0.05, 0.1) is 29.0 Å². The number of aryl methyl sites for hydroxylation is 2. The van der Waals surface area contributed by atoms with Crippen molar-refractivity contribution in [1.82, 2.24) is 20.3 Å². The molecule has 0 aliphatic carbocycles. The Morgan fingerprint density at radius 3 is 2.72 bits per heavy atom. The molecule has 0 fully saturated rings. The number of carbonyl (C=O) groups excluding carboxylic acids is 1. The molecule has 25 heavy (non-hydrogen) atoms. The van der Waals surface area contributed by atoms with E-state index >= 15 is 0 Å². The van der Waals surface area contributed by atoms with E-state index in [1.165, 1.54) is 0 Å². The van der Waals surface area contributed by atoms with Crippen LogP contribution in [0.1, 0.15) is 29.6 Å². The average Bonchev–Trinajstić information content (AvgIpc) is 3.17. The molecule has 0 bridgehead atoms. The molecule has 2 amide bonds. The van der Waals surface area contributed by atoms with Crippen molar-refractivity contribution in [2.75, 3.05) is 5.32 Å². The highest BCUT2D eigenvalue weighted by atomic mass is 16.5. The van der Waals surface area contributed by atoms with Gasteiger partial charge >= 0.3 is 6.03 Å². The van der Waals surface area contributed by atoms with Crippen LogP contribution in [0.2, 0.25) is 0 Å². The van der Waals surface area contributed by atoms with Crippen LogP contribution in [0.25, 0.3) is 5.69 Å². The van der Waals surface area contributed by atoms with E-state index in [2.05, 4.69) is 20.9 Å². The second-order valence-electron chi connectivity index (χ2n) is 5.72. The highest BCUT2D eigenvalue weighted by Crippen LogP contribution is 2.18. The van der Waals surface area contributed by atoms with Gasteiger partial charge in [0.2, 0.25) is 0 Å². The number of rotatable bonds is 5. The summed E-state index contributed by atoms with van der Waals surface area (Å²) in [6.07, 6.45) is 2.38. The molecule has 7 nitrogen and oxygen atoms in total. The third-order valence-corrected chi connectivity index (χ3v) is 4.07. The largest absolute Gasteiger partial charge is 0.361 e. The van der Waals surface area contributed by atoms with Crippen molar-refractivity contribution in [3.8, 4) is 5.69 Å². The number of para-hydroxylation sites is 1. The first kappa shape index (κ1) is 16.8. The van der Waals surface area contributed by atoms with E-state index in [1.807, 2.05) is 51.1 Å². The third kappa shape index (κ3) is 3.55. The van der Waals surface area contributed by atoms with Gasteiger partial charge in [-0.2, -0.15) is 5.10 Å². The number of benzene rings is 1. The Labute approximate surface area is 146 Å². The molecule has 3 aromatic rings. The molecule has 0 atom stereocenters. The lowest BCUT2D eigenvalue weighted by Crippen LogP contribution is -2.28. The van der Waals surface area contributed by atoms with E-state index in [-0.39, 0.29) is 6.03 Å². The highest BCUT2D eigenvalue weighted by molar-refractivity contribution is 5.89. The number of hydrogen-bond acceptors (Lipinski definition) is 4. The molecule has 1 aromatic carbocycles. The van der Waals surface area contributed by atoms with E-state index < -0.39 is 0 Å². The van der Waals surface area contributed by atoms with E-state index in [0.29, 0.717) is 12.2 Å². The maximum absolute atomic E-state index is 12.2. The van der Waals surface area contributed by atoms with Crippen molar-refractivity contribution in [3.63, 3.8) is 0 Å². The van der Waals surface area contributed by atoms with Crippen LogP contribution in [-0.4, -0.2) is 21.0 Å². The molecule has 7 heteroatoms. The number of amides is 2. The molecule has 130 valence electrons. The predicted molar refractivity (Wildman–Crippen MR) is 94.8 cm³/mol. The van der Waals surface area contributed by atoms with Gasteiger partial charge in [-0.3, -0.25) is 0 Å². The fourth-order valence-electron chi connectivity index (χ4n) is 2.64. The van der Waals surface area contributed by atoms with Gasteiger partial charge in [-0.15, -0.1) is 0 Å². The lowest BCUT2D eigenvalue weighted by Gasteiger charge is -2.08. The number of nitrogens with zero attached hydrogens (tertiary/aromatic N) is 3. The van der Waals surface area contributed by atoms with Crippen LogP contribution in [0.4, 0.5) is 10.5 Å². The molecule has 0 aliphatic rings. The van der Waals surface area contributed by atoms with Crippen LogP contribution < -0.4 is 10.6 Å². The number of hydrogen-bond donors (Lipinski definition) is 2. The lowest BCUT2D eigenvalue weighted by molar-refractivity contribution is 0.251. The molecule has 0 unspecified atom stereocenters. The minimum atomic E-state index is -0.293. The number of carbonyl (C=O) groups is 1. The van der Waals surface area contributed by atoms with E-state index in [9.17, 15) is 4.79 Å². The fourth-order valence-corrected chi connectivity index (χ4v) is 2.64. The minimum Gasteiger partial charge on any atom is -0.361 e. The molecule has 0 spiro atoms. The summed E-state index contributed by atoms with van der Waals surface area (Å²) in [7, 11) is 0. The fraction of sp³-hybridized carbons (Fsp3) is 0.278. The molecule has 2 aromatic heterocycles. The molecule has 0 saturated heterocycles. The van der Waals surface area contributed by atoms with Crippen LogP contribution in [0, 0.1) is 13.8 Å². The molecule has 2 heterocycles. The van der Waals surface area contributed by atoms with Gasteiger partial charge in [0.1, 0.15) is 5.76 Å². The van der Waals surface area contributed by atoms with Crippen LogP contribution in [0.15, 0.2) is 41.1 Å². The topological polar surface area (TPSA) is 85.0 Å². The third-order valence-electron chi connectivity index (χ3n) is 4.07.